The van der Waals surface area contributed by atoms with Crippen LogP contribution in [0.5, 0.6) is 0 Å². The molecule has 0 saturated carbocycles. The van der Waals surface area contributed by atoms with Gasteiger partial charge in [-0.05, 0) is 54.6 Å². The molecule has 0 spiro atoms. The van der Waals surface area contributed by atoms with Crippen LogP contribution in [-0.4, -0.2) is 16.8 Å². The summed E-state index contributed by atoms with van der Waals surface area (Å²) < 4.78 is 13.0. The summed E-state index contributed by atoms with van der Waals surface area (Å²) in [6.07, 6.45) is 3.03. The van der Waals surface area contributed by atoms with Gasteiger partial charge in [0.2, 0.25) is 5.91 Å². The SMILES string of the molecule is CC(=O)Nc1ccc(NC(=O)c2cncc(Nc3ccc(F)cc3)c2)cc1. The second-order valence-electron chi connectivity index (χ2n) is 5.81. The zero-order valence-corrected chi connectivity index (χ0v) is 14.5. The molecule has 6 nitrogen and oxygen atoms in total. The number of hydrogen-bond donors (Lipinski definition) is 3. The number of pyridine rings is 1. The highest BCUT2D eigenvalue weighted by molar-refractivity contribution is 6.04. The van der Waals surface area contributed by atoms with Crippen LogP contribution in [0.2, 0.25) is 0 Å². The number of anilines is 4. The van der Waals surface area contributed by atoms with Crippen molar-refractivity contribution in [2.45, 2.75) is 6.92 Å². The normalized spacial score (nSPS) is 10.1. The van der Waals surface area contributed by atoms with Crippen LogP contribution in [-0.2, 0) is 4.79 Å². The van der Waals surface area contributed by atoms with E-state index in [1.165, 1.54) is 25.3 Å². The molecule has 1 aromatic heterocycles. The molecule has 136 valence electrons. The lowest BCUT2D eigenvalue weighted by Gasteiger charge is -2.09. The maximum Gasteiger partial charge on any atom is 0.257 e. The molecular weight excluding hydrogens is 347 g/mol. The molecule has 27 heavy (non-hydrogen) atoms. The first kappa shape index (κ1) is 18.1. The molecule has 0 aliphatic rings. The van der Waals surface area contributed by atoms with E-state index in [9.17, 15) is 14.0 Å². The Morgan fingerprint density at radius 3 is 2.04 bits per heavy atom. The number of hydrogen-bond acceptors (Lipinski definition) is 4. The molecule has 0 aliphatic carbocycles. The summed E-state index contributed by atoms with van der Waals surface area (Å²) in [5.74, 6) is -0.808. The Labute approximate surface area is 155 Å². The summed E-state index contributed by atoms with van der Waals surface area (Å²) in [7, 11) is 0. The smallest absolute Gasteiger partial charge is 0.257 e. The average Bonchev–Trinajstić information content (AvgIpc) is 2.65. The van der Waals surface area contributed by atoms with Crippen LogP contribution >= 0.6 is 0 Å². The van der Waals surface area contributed by atoms with E-state index in [1.807, 2.05) is 0 Å². The second kappa shape index (κ2) is 8.09. The second-order valence-corrected chi connectivity index (χ2v) is 5.81. The van der Waals surface area contributed by atoms with Crippen LogP contribution in [0.3, 0.4) is 0 Å². The van der Waals surface area contributed by atoms with Gasteiger partial charge in [-0.15, -0.1) is 0 Å². The molecule has 2 amide bonds. The van der Waals surface area contributed by atoms with E-state index < -0.39 is 0 Å². The van der Waals surface area contributed by atoms with Crippen molar-refractivity contribution in [3.05, 3.63) is 78.4 Å². The first-order chi connectivity index (χ1) is 13.0. The number of amides is 2. The molecule has 0 atom stereocenters. The molecule has 0 fully saturated rings. The van der Waals surface area contributed by atoms with E-state index in [1.54, 1.807) is 48.7 Å². The molecule has 2 aromatic carbocycles. The van der Waals surface area contributed by atoms with Crippen molar-refractivity contribution in [2.24, 2.45) is 0 Å². The van der Waals surface area contributed by atoms with E-state index in [4.69, 9.17) is 0 Å². The van der Waals surface area contributed by atoms with Crippen molar-refractivity contribution in [2.75, 3.05) is 16.0 Å². The molecule has 0 radical (unpaired) electrons. The van der Waals surface area contributed by atoms with Crippen LogP contribution < -0.4 is 16.0 Å². The standard InChI is InChI=1S/C20H17FN4O2/c1-13(26)23-16-6-8-18(9-7-16)25-20(27)14-10-19(12-22-11-14)24-17-4-2-15(21)3-5-17/h2-12,24H,1H3,(H,23,26)(H,25,27). The Balaban J connectivity index is 1.67. The minimum Gasteiger partial charge on any atom is -0.354 e. The summed E-state index contributed by atoms with van der Waals surface area (Å²) in [4.78, 5) is 27.5. The Bertz CT molecular complexity index is 956. The van der Waals surface area contributed by atoms with E-state index in [-0.39, 0.29) is 17.6 Å². The molecule has 7 heteroatoms. The third-order valence-corrected chi connectivity index (χ3v) is 3.60. The third kappa shape index (κ3) is 5.12. The highest BCUT2D eigenvalue weighted by atomic mass is 19.1. The van der Waals surface area contributed by atoms with E-state index in [0.717, 1.165) is 0 Å². The molecule has 0 bridgehead atoms. The van der Waals surface area contributed by atoms with Gasteiger partial charge >= 0.3 is 0 Å². The number of nitrogens with one attached hydrogen (secondary N) is 3. The van der Waals surface area contributed by atoms with Crippen molar-refractivity contribution in [1.82, 2.24) is 4.98 Å². The van der Waals surface area contributed by atoms with Crippen LogP contribution in [0, 0.1) is 5.82 Å². The maximum atomic E-state index is 13.0. The fourth-order valence-electron chi connectivity index (χ4n) is 2.38. The molecule has 3 rings (SSSR count). The van der Waals surface area contributed by atoms with Crippen molar-refractivity contribution in [3.8, 4) is 0 Å². The third-order valence-electron chi connectivity index (χ3n) is 3.60. The summed E-state index contributed by atoms with van der Waals surface area (Å²) in [5, 5.41) is 8.49. The summed E-state index contributed by atoms with van der Waals surface area (Å²) in [5.41, 5.74) is 2.89. The number of halogens is 1. The Morgan fingerprint density at radius 1 is 0.815 bits per heavy atom. The first-order valence-corrected chi connectivity index (χ1v) is 8.16. The van der Waals surface area contributed by atoms with Crippen molar-refractivity contribution in [3.63, 3.8) is 0 Å². The van der Waals surface area contributed by atoms with Gasteiger partial charge in [-0.1, -0.05) is 0 Å². The van der Waals surface area contributed by atoms with Gasteiger partial charge in [0.1, 0.15) is 5.82 Å². The molecular formula is C20H17FN4O2. The highest BCUT2D eigenvalue weighted by Gasteiger charge is 2.08. The highest BCUT2D eigenvalue weighted by Crippen LogP contribution is 2.19. The summed E-state index contributed by atoms with van der Waals surface area (Å²) in [6, 6.07) is 14.3. The lowest BCUT2D eigenvalue weighted by atomic mass is 10.2. The minimum absolute atomic E-state index is 0.164. The molecule has 0 aliphatic heterocycles. The Morgan fingerprint density at radius 2 is 1.41 bits per heavy atom. The van der Waals surface area contributed by atoms with Gasteiger partial charge < -0.3 is 16.0 Å². The number of nitrogens with zero attached hydrogens (tertiary/aromatic N) is 1. The maximum absolute atomic E-state index is 13.0. The van der Waals surface area contributed by atoms with Crippen LogP contribution in [0.15, 0.2) is 67.0 Å². The Hall–Kier alpha value is -3.74. The Kier molecular flexibility index (Phi) is 5.41. The fraction of sp³-hybridized carbons (Fsp3) is 0.0500. The number of aromatic nitrogens is 1. The monoisotopic (exact) mass is 364 g/mol. The van der Waals surface area contributed by atoms with Gasteiger partial charge in [-0.2, -0.15) is 0 Å². The number of rotatable bonds is 5. The minimum atomic E-state index is -0.323. The van der Waals surface area contributed by atoms with Gasteiger partial charge in [-0.25, -0.2) is 4.39 Å². The fourth-order valence-corrected chi connectivity index (χ4v) is 2.38. The number of benzene rings is 2. The van der Waals surface area contributed by atoms with Gasteiger partial charge in [-0.3, -0.25) is 14.6 Å². The van der Waals surface area contributed by atoms with Crippen LogP contribution in [0.25, 0.3) is 0 Å². The topological polar surface area (TPSA) is 83.1 Å². The van der Waals surface area contributed by atoms with Gasteiger partial charge in [0.15, 0.2) is 0 Å². The van der Waals surface area contributed by atoms with Crippen molar-refractivity contribution >= 4 is 34.6 Å². The summed E-state index contributed by atoms with van der Waals surface area (Å²) in [6.45, 7) is 1.43. The average molecular weight is 364 g/mol. The molecule has 3 N–H and O–H groups in total. The molecule has 3 aromatic rings. The van der Waals surface area contributed by atoms with Gasteiger partial charge in [0.25, 0.3) is 5.91 Å². The van der Waals surface area contributed by atoms with Crippen molar-refractivity contribution in [1.29, 1.82) is 0 Å². The quantitative estimate of drug-likeness (QED) is 0.634. The van der Waals surface area contributed by atoms with E-state index in [2.05, 4.69) is 20.9 Å². The summed E-state index contributed by atoms with van der Waals surface area (Å²) >= 11 is 0. The zero-order valence-electron chi connectivity index (χ0n) is 14.5. The molecule has 0 saturated heterocycles. The van der Waals surface area contributed by atoms with Crippen LogP contribution in [0.4, 0.5) is 27.1 Å². The predicted molar refractivity (Wildman–Crippen MR) is 103 cm³/mol. The lowest BCUT2D eigenvalue weighted by Crippen LogP contribution is -2.12. The van der Waals surface area contributed by atoms with Crippen LogP contribution in [0.1, 0.15) is 17.3 Å². The predicted octanol–water partition coefficient (Wildman–Crippen LogP) is 4.18. The lowest BCUT2D eigenvalue weighted by molar-refractivity contribution is -0.114. The molecule has 0 unspecified atom stereocenters. The van der Waals surface area contributed by atoms with Crippen molar-refractivity contribution < 1.29 is 14.0 Å². The zero-order chi connectivity index (χ0) is 19.2. The molecule has 1 heterocycles. The first-order valence-electron chi connectivity index (χ1n) is 8.16. The number of carbonyl (C=O) groups is 2. The van der Waals surface area contributed by atoms with E-state index >= 15 is 0 Å². The number of carbonyl (C=O) groups excluding carboxylic acids is 2. The van der Waals surface area contributed by atoms with Gasteiger partial charge in [0, 0.05) is 30.2 Å². The van der Waals surface area contributed by atoms with E-state index in [0.29, 0.717) is 28.3 Å². The largest absolute Gasteiger partial charge is 0.354 e. The van der Waals surface area contributed by atoms with Gasteiger partial charge in [0.05, 0.1) is 17.4 Å².